The third-order valence-electron chi connectivity index (χ3n) is 2.16. The van der Waals surface area contributed by atoms with Crippen molar-refractivity contribution in [2.24, 2.45) is 0 Å². The molecule has 96 valence electrons. The first-order valence-electron chi connectivity index (χ1n) is 4.98. The molecule has 0 saturated heterocycles. The van der Waals surface area contributed by atoms with Crippen LogP contribution in [-0.4, -0.2) is 18.3 Å². The van der Waals surface area contributed by atoms with Gasteiger partial charge in [-0.25, -0.2) is 4.39 Å². The first kappa shape index (κ1) is 13.9. The normalized spacial score (nSPS) is 13.8. The number of hydrogen-bond donors (Lipinski definition) is 1. The van der Waals surface area contributed by atoms with E-state index in [1.807, 2.05) is 0 Å². The topological polar surface area (TPSA) is 29.5 Å². The second-order valence-corrected chi connectivity index (χ2v) is 3.40. The Bertz CT molecular complexity index is 376. The van der Waals surface area contributed by atoms with Crippen molar-refractivity contribution >= 4 is 0 Å². The van der Waals surface area contributed by atoms with Crippen molar-refractivity contribution in [1.82, 2.24) is 0 Å². The third-order valence-corrected chi connectivity index (χ3v) is 2.16. The Hall–Kier alpha value is -1.14. The molecule has 0 aliphatic carbocycles. The van der Waals surface area contributed by atoms with Crippen LogP contribution in [0.3, 0.4) is 0 Å². The minimum Gasteiger partial charge on any atom is -0.386 e. The van der Waals surface area contributed by atoms with Crippen LogP contribution in [0.4, 0.5) is 17.6 Å². The van der Waals surface area contributed by atoms with E-state index >= 15 is 0 Å². The lowest BCUT2D eigenvalue weighted by molar-refractivity contribution is -0.139. The molecule has 1 rings (SSSR count). The molecule has 0 spiro atoms. The fourth-order valence-corrected chi connectivity index (χ4v) is 1.38. The molecule has 1 aromatic rings. The van der Waals surface area contributed by atoms with E-state index in [2.05, 4.69) is 0 Å². The molecular formula is C11H12F4O2. The molecule has 1 aromatic carbocycles. The number of aliphatic hydroxyl groups is 1. The maximum Gasteiger partial charge on any atom is 0.416 e. The molecule has 1 unspecified atom stereocenters. The van der Waals surface area contributed by atoms with E-state index in [1.165, 1.54) is 0 Å². The summed E-state index contributed by atoms with van der Waals surface area (Å²) in [6, 6.07) is 2.16. The van der Waals surface area contributed by atoms with Gasteiger partial charge >= 0.3 is 6.18 Å². The van der Waals surface area contributed by atoms with Crippen molar-refractivity contribution in [3.05, 3.63) is 35.1 Å². The van der Waals surface area contributed by atoms with Gasteiger partial charge in [-0.05, 0) is 24.6 Å². The Morgan fingerprint density at radius 3 is 2.53 bits per heavy atom. The molecule has 17 heavy (non-hydrogen) atoms. The Kier molecular flexibility index (Phi) is 4.47. The van der Waals surface area contributed by atoms with E-state index in [1.54, 1.807) is 6.92 Å². The third kappa shape index (κ3) is 3.67. The molecule has 0 radical (unpaired) electrons. The first-order chi connectivity index (χ1) is 7.86. The Morgan fingerprint density at radius 1 is 1.35 bits per heavy atom. The van der Waals surface area contributed by atoms with E-state index in [4.69, 9.17) is 4.74 Å². The van der Waals surface area contributed by atoms with Crippen LogP contribution in [0.15, 0.2) is 18.2 Å². The highest BCUT2D eigenvalue weighted by atomic mass is 19.4. The van der Waals surface area contributed by atoms with E-state index in [0.717, 1.165) is 12.1 Å². The molecule has 0 bridgehead atoms. The smallest absolute Gasteiger partial charge is 0.386 e. The van der Waals surface area contributed by atoms with Gasteiger partial charge in [-0.2, -0.15) is 13.2 Å². The van der Waals surface area contributed by atoms with Gasteiger partial charge in [-0.1, -0.05) is 6.07 Å². The van der Waals surface area contributed by atoms with Crippen LogP contribution >= 0.6 is 0 Å². The van der Waals surface area contributed by atoms with Crippen LogP contribution in [0.25, 0.3) is 0 Å². The number of aliphatic hydroxyl groups excluding tert-OH is 1. The summed E-state index contributed by atoms with van der Waals surface area (Å²) in [6.45, 7) is 1.67. The molecule has 0 aromatic heterocycles. The van der Waals surface area contributed by atoms with Crippen molar-refractivity contribution in [2.45, 2.75) is 19.2 Å². The first-order valence-corrected chi connectivity index (χ1v) is 4.98. The SMILES string of the molecule is CCOCC(O)c1ccc(F)cc1C(F)(F)F. The molecule has 6 heteroatoms. The van der Waals surface area contributed by atoms with Crippen LogP contribution in [0.2, 0.25) is 0 Å². The van der Waals surface area contributed by atoms with E-state index in [9.17, 15) is 22.7 Å². The molecule has 0 aliphatic rings. The van der Waals surface area contributed by atoms with Crippen molar-refractivity contribution in [3.8, 4) is 0 Å². The molecule has 0 amide bonds. The largest absolute Gasteiger partial charge is 0.416 e. The van der Waals surface area contributed by atoms with Crippen molar-refractivity contribution in [2.75, 3.05) is 13.2 Å². The van der Waals surface area contributed by atoms with Crippen molar-refractivity contribution < 1.29 is 27.4 Å². The molecule has 0 fully saturated rings. The highest BCUT2D eigenvalue weighted by molar-refractivity contribution is 5.32. The minimum atomic E-state index is -4.70. The maximum absolute atomic E-state index is 12.8. The second-order valence-electron chi connectivity index (χ2n) is 3.40. The van der Waals surface area contributed by atoms with Gasteiger partial charge in [-0.15, -0.1) is 0 Å². The predicted octanol–water partition coefficient (Wildman–Crippen LogP) is 2.91. The van der Waals surface area contributed by atoms with Crippen molar-refractivity contribution in [1.29, 1.82) is 0 Å². The van der Waals surface area contributed by atoms with Crippen LogP contribution in [0.5, 0.6) is 0 Å². The Balaban J connectivity index is 3.06. The van der Waals surface area contributed by atoms with Crippen LogP contribution < -0.4 is 0 Å². The van der Waals surface area contributed by atoms with Crippen molar-refractivity contribution in [3.63, 3.8) is 0 Å². The number of halogens is 4. The van der Waals surface area contributed by atoms with E-state index < -0.39 is 23.7 Å². The van der Waals surface area contributed by atoms with E-state index in [-0.39, 0.29) is 18.8 Å². The zero-order valence-corrected chi connectivity index (χ0v) is 9.09. The zero-order valence-electron chi connectivity index (χ0n) is 9.09. The van der Waals surface area contributed by atoms with Crippen LogP contribution in [-0.2, 0) is 10.9 Å². The number of ether oxygens (including phenoxy) is 1. The fraction of sp³-hybridized carbons (Fsp3) is 0.455. The van der Waals surface area contributed by atoms with Crippen LogP contribution in [0, 0.1) is 5.82 Å². The van der Waals surface area contributed by atoms with Gasteiger partial charge in [0.05, 0.1) is 12.2 Å². The monoisotopic (exact) mass is 252 g/mol. The van der Waals surface area contributed by atoms with Gasteiger partial charge < -0.3 is 9.84 Å². The number of rotatable bonds is 4. The molecule has 1 N–H and O–H groups in total. The van der Waals surface area contributed by atoms with Gasteiger partial charge in [0.1, 0.15) is 11.9 Å². The van der Waals surface area contributed by atoms with E-state index in [0.29, 0.717) is 6.07 Å². The zero-order chi connectivity index (χ0) is 13.1. The summed E-state index contributed by atoms with van der Waals surface area (Å²) in [5.74, 6) is -0.996. The summed E-state index contributed by atoms with van der Waals surface area (Å²) >= 11 is 0. The number of alkyl halides is 3. The minimum absolute atomic E-state index is 0.259. The maximum atomic E-state index is 12.8. The Morgan fingerprint density at radius 2 is 2.00 bits per heavy atom. The van der Waals surface area contributed by atoms with Gasteiger partial charge in [0.15, 0.2) is 0 Å². The standard InChI is InChI=1S/C11H12F4O2/c1-2-17-6-10(16)8-4-3-7(12)5-9(8)11(13,14)15/h3-5,10,16H,2,6H2,1H3. The lowest BCUT2D eigenvalue weighted by Gasteiger charge is -2.17. The average molecular weight is 252 g/mol. The summed E-state index contributed by atoms with van der Waals surface area (Å²) in [6.07, 6.45) is -6.13. The lowest BCUT2D eigenvalue weighted by atomic mass is 10.0. The second kappa shape index (κ2) is 5.46. The quantitative estimate of drug-likeness (QED) is 0.835. The summed E-state index contributed by atoms with van der Waals surface area (Å²) < 4.78 is 55.4. The predicted molar refractivity (Wildman–Crippen MR) is 52.9 cm³/mol. The molecular weight excluding hydrogens is 240 g/mol. The summed E-state index contributed by atoms with van der Waals surface area (Å²) in [4.78, 5) is 0. The number of benzene rings is 1. The molecule has 0 saturated carbocycles. The Labute approximate surface area is 95.8 Å². The molecule has 0 heterocycles. The molecule has 2 nitrogen and oxygen atoms in total. The number of hydrogen-bond acceptors (Lipinski definition) is 2. The highest BCUT2D eigenvalue weighted by Crippen LogP contribution is 2.35. The molecule has 0 aliphatic heterocycles. The summed E-state index contributed by atoms with van der Waals surface area (Å²) in [5.41, 5.74) is -1.56. The van der Waals surface area contributed by atoms with Crippen LogP contribution in [0.1, 0.15) is 24.2 Å². The highest BCUT2D eigenvalue weighted by Gasteiger charge is 2.35. The average Bonchev–Trinajstić information content (AvgIpc) is 2.24. The summed E-state index contributed by atoms with van der Waals surface area (Å²) in [7, 11) is 0. The van der Waals surface area contributed by atoms with Gasteiger partial charge in [0.25, 0.3) is 0 Å². The van der Waals surface area contributed by atoms with Gasteiger partial charge in [-0.3, -0.25) is 0 Å². The summed E-state index contributed by atoms with van der Waals surface area (Å²) in [5, 5.41) is 9.54. The molecule has 1 atom stereocenters. The van der Waals surface area contributed by atoms with Gasteiger partial charge in [0.2, 0.25) is 0 Å². The fourth-order valence-electron chi connectivity index (χ4n) is 1.38. The van der Waals surface area contributed by atoms with Gasteiger partial charge in [0, 0.05) is 6.61 Å². The lowest BCUT2D eigenvalue weighted by Crippen LogP contribution is -2.15.